The monoisotopic (exact) mass is 882 g/mol. The molecule has 0 saturated heterocycles. The number of amides is 8. The zero-order valence-corrected chi connectivity index (χ0v) is 34.5. The van der Waals surface area contributed by atoms with E-state index in [1.54, 1.807) is 13.8 Å². The summed E-state index contributed by atoms with van der Waals surface area (Å²) in [5.41, 5.74) is 11.1. The maximum absolute atomic E-state index is 13.5. The van der Waals surface area contributed by atoms with Gasteiger partial charge in [0.05, 0.1) is 32.3 Å². The number of nitrogens with two attached hydrogens (primary N) is 2. The lowest BCUT2D eigenvalue weighted by Gasteiger charge is -2.26. The molecule has 0 rings (SSSR count). The SMILES string of the molecule is CC(C)C[C@H](NC(=O)[C@H](CO)NC(=O)CNC(=O)[C@H](CCC(=O)O)NC(=O)[C@H](CO)NC(=O)[C@@H](N)CS)C(=O)N[C@@H](CCCCN)C(=O)NCC(=O)N[C@@H](CS)C(=O)O. The number of carbonyl (C=O) groups is 10. The highest BCUT2D eigenvalue weighted by Gasteiger charge is 2.32. The van der Waals surface area contributed by atoms with E-state index in [1.807, 2.05) is 0 Å². The van der Waals surface area contributed by atoms with Crippen LogP contribution in [-0.4, -0.2) is 166 Å². The molecule has 0 aliphatic heterocycles. The van der Waals surface area contributed by atoms with Crippen LogP contribution in [0.25, 0.3) is 0 Å². The Labute approximate surface area is 351 Å². The molecule has 0 bridgehead atoms. The first-order chi connectivity index (χ1) is 27.7. The number of hydrogen-bond donors (Lipinski definition) is 16. The number of aliphatic carboxylic acids is 2. The molecule has 0 aliphatic rings. The van der Waals surface area contributed by atoms with E-state index >= 15 is 0 Å². The van der Waals surface area contributed by atoms with Crippen molar-refractivity contribution in [3.63, 3.8) is 0 Å². The van der Waals surface area contributed by atoms with Gasteiger partial charge in [0, 0.05) is 17.9 Å². The van der Waals surface area contributed by atoms with Gasteiger partial charge in [-0.2, -0.15) is 25.3 Å². The predicted octanol–water partition coefficient (Wildman–Crippen LogP) is -6.58. The normalized spacial score (nSPS) is 14.5. The molecule has 0 radical (unpaired) electrons. The van der Waals surface area contributed by atoms with E-state index in [-0.39, 0.29) is 36.8 Å². The van der Waals surface area contributed by atoms with Gasteiger partial charge in [0.2, 0.25) is 47.3 Å². The van der Waals surface area contributed by atoms with Gasteiger partial charge in [-0.15, -0.1) is 0 Å². The Morgan fingerprint density at radius 3 is 1.42 bits per heavy atom. The van der Waals surface area contributed by atoms with Crippen LogP contribution in [0, 0.1) is 5.92 Å². The van der Waals surface area contributed by atoms with Crippen molar-refractivity contribution >= 4 is 84.5 Å². The van der Waals surface area contributed by atoms with Crippen LogP contribution in [-0.2, 0) is 47.9 Å². The number of aliphatic hydroxyl groups is 2. The summed E-state index contributed by atoms with van der Waals surface area (Å²) in [7, 11) is 0. The molecule has 0 saturated carbocycles. The maximum atomic E-state index is 13.5. The van der Waals surface area contributed by atoms with Gasteiger partial charge in [-0.3, -0.25) is 43.2 Å². The van der Waals surface area contributed by atoms with Crippen LogP contribution in [0.3, 0.4) is 0 Å². The molecule has 24 nitrogen and oxygen atoms in total. The van der Waals surface area contributed by atoms with Crippen LogP contribution < -0.4 is 54.0 Å². The van der Waals surface area contributed by atoms with E-state index in [0.29, 0.717) is 12.8 Å². The van der Waals surface area contributed by atoms with Crippen LogP contribution in [0.5, 0.6) is 0 Å². The molecule has 0 heterocycles. The van der Waals surface area contributed by atoms with Gasteiger partial charge in [0.25, 0.3) is 0 Å². The fourth-order valence-electron chi connectivity index (χ4n) is 4.83. The van der Waals surface area contributed by atoms with Crippen LogP contribution in [0.1, 0.15) is 52.4 Å². The first-order valence-corrected chi connectivity index (χ1v) is 19.7. The van der Waals surface area contributed by atoms with Crippen molar-refractivity contribution in [2.45, 2.75) is 94.7 Å². The van der Waals surface area contributed by atoms with Crippen molar-refractivity contribution in [3.8, 4) is 0 Å². The van der Waals surface area contributed by atoms with Crippen molar-refractivity contribution in [2.24, 2.45) is 17.4 Å². The third-order valence-corrected chi connectivity index (χ3v) is 8.80. The second kappa shape index (κ2) is 29.4. The van der Waals surface area contributed by atoms with Gasteiger partial charge in [-0.25, -0.2) is 4.79 Å². The molecular weight excluding hydrogens is 825 g/mol. The number of carbonyl (C=O) groups excluding carboxylic acids is 8. The van der Waals surface area contributed by atoms with E-state index in [4.69, 9.17) is 21.7 Å². The molecule has 0 aromatic carbocycles. The average Bonchev–Trinajstić information content (AvgIpc) is 3.18. The topological polar surface area (TPSA) is 400 Å². The first-order valence-electron chi connectivity index (χ1n) is 18.4. The second-order valence-corrected chi connectivity index (χ2v) is 14.2. The van der Waals surface area contributed by atoms with Gasteiger partial charge >= 0.3 is 11.9 Å². The molecule has 0 aromatic rings. The molecule has 16 N–H and O–H groups in total. The van der Waals surface area contributed by atoms with Crippen molar-refractivity contribution in [1.29, 1.82) is 0 Å². The Morgan fingerprint density at radius 2 is 1.00 bits per heavy atom. The molecule has 336 valence electrons. The molecule has 0 aromatic heterocycles. The molecule has 8 amide bonds. The van der Waals surface area contributed by atoms with Crippen LogP contribution in [0.4, 0.5) is 0 Å². The Morgan fingerprint density at radius 1 is 0.559 bits per heavy atom. The number of nitrogens with one attached hydrogen (secondary N) is 8. The standard InChI is InChI=1S/C33H58N10O14S2/c1-16(2)9-20(30(53)40-18(5-3-4-8-34)28(51)36-11-25(47)39-23(15-59)33(56)57)42-31(54)21(12-44)38-24(46)10-37-29(52)19(6-7-26(48)49)41-32(55)22(13-45)43-27(50)17(35)14-58/h16-23,44-45,58-59H,3-15,34-35H2,1-2H3,(H,36,51)(H,37,52)(H,38,46)(H,39,47)(H,40,53)(H,41,55)(H,42,54)(H,43,50)(H,48,49)(H,56,57)/t17-,18-,19-,20-,21-,22-,23-/m0/s1. The summed E-state index contributed by atoms with van der Waals surface area (Å²) in [6.45, 7) is 0.352. The van der Waals surface area contributed by atoms with Gasteiger partial charge in [-0.05, 0) is 44.6 Å². The highest BCUT2D eigenvalue weighted by molar-refractivity contribution is 7.80. The van der Waals surface area contributed by atoms with E-state index in [1.165, 1.54) is 0 Å². The number of thiol groups is 2. The second-order valence-electron chi connectivity index (χ2n) is 13.4. The largest absolute Gasteiger partial charge is 0.481 e. The van der Waals surface area contributed by atoms with Gasteiger partial charge in [0.15, 0.2) is 0 Å². The van der Waals surface area contributed by atoms with Crippen LogP contribution >= 0.6 is 25.3 Å². The lowest BCUT2D eigenvalue weighted by atomic mass is 10.0. The van der Waals surface area contributed by atoms with Gasteiger partial charge in [-0.1, -0.05) is 13.8 Å². The predicted molar refractivity (Wildman–Crippen MR) is 214 cm³/mol. The fraction of sp³-hybridized carbons (Fsp3) is 0.697. The number of carboxylic acid groups (broad SMARTS) is 2. The van der Waals surface area contributed by atoms with Crippen molar-refractivity contribution < 1.29 is 68.4 Å². The minimum atomic E-state index is -1.67. The third kappa shape index (κ3) is 22.3. The van der Waals surface area contributed by atoms with Crippen LogP contribution in [0.15, 0.2) is 0 Å². The maximum Gasteiger partial charge on any atom is 0.327 e. The third-order valence-electron chi connectivity index (χ3n) is 8.05. The lowest BCUT2D eigenvalue weighted by Crippen LogP contribution is -2.59. The van der Waals surface area contributed by atoms with E-state index < -0.39 is 141 Å². The smallest absolute Gasteiger partial charge is 0.327 e. The Hall–Kier alpha value is -4.76. The molecular formula is C33H58N10O14S2. The molecule has 0 fully saturated rings. The van der Waals surface area contributed by atoms with Crippen LogP contribution in [0.2, 0.25) is 0 Å². The molecule has 0 unspecified atom stereocenters. The molecule has 0 spiro atoms. The summed E-state index contributed by atoms with van der Waals surface area (Å²) in [4.78, 5) is 125. The molecule has 59 heavy (non-hydrogen) atoms. The number of rotatable bonds is 30. The zero-order chi connectivity index (χ0) is 45.2. The number of aliphatic hydroxyl groups excluding tert-OH is 2. The number of hydrogen-bond acceptors (Lipinski definition) is 16. The summed E-state index contributed by atoms with van der Waals surface area (Å²) < 4.78 is 0. The minimum absolute atomic E-state index is 0.0197. The minimum Gasteiger partial charge on any atom is -0.481 e. The lowest BCUT2D eigenvalue weighted by molar-refractivity contribution is -0.141. The quantitative estimate of drug-likeness (QED) is 0.0236. The summed E-state index contributed by atoms with van der Waals surface area (Å²) in [5, 5.41) is 55.9. The van der Waals surface area contributed by atoms with Crippen molar-refractivity contribution in [3.05, 3.63) is 0 Å². The van der Waals surface area contributed by atoms with Gasteiger partial charge < -0.3 is 74.4 Å². The Kier molecular flexibility index (Phi) is 27.1. The number of unbranched alkanes of at least 4 members (excludes halogenated alkanes) is 1. The zero-order valence-electron chi connectivity index (χ0n) is 32.7. The van der Waals surface area contributed by atoms with E-state index in [9.17, 15) is 58.2 Å². The highest BCUT2D eigenvalue weighted by atomic mass is 32.1. The first kappa shape index (κ1) is 54.2. The highest BCUT2D eigenvalue weighted by Crippen LogP contribution is 2.08. The van der Waals surface area contributed by atoms with E-state index in [0.717, 1.165) is 0 Å². The van der Waals surface area contributed by atoms with E-state index in [2.05, 4.69) is 67.8 Å². The molecule has 26 heteroatoms. The summed E-state index contributed by atoms with van der Waals surface area (Å²) in [5.74, 6) is -10.7. The fourth-order valence-corrected chi connectivity index (χ4v) is 5.24. The average molecular weight is 883 g/mol. The summed E-state index contributed by atoms with van der Waals surface area (Å²) >= 11 is 7.73. The molecule has 0 aliphatic carbocycles. The number of carboxylic acids is 2. The Bertz CT molecular complexity index is 1460. The Balaban J connectivity index is 5.73. The molecule has 7 atom stereocenters. The summed E-state index contributed by atoms with van der Waals surface area (Å²) in [6.07, 6.45) is -0.166. The van der Waals surface area contributed by atoms with Crippen molar-refractivity contribution in [2.75, 3.05) is 44.4 Å². The van der Waals surface area contributed by atoms with Gasteiger partial charge in [0.1, 0.15) is 36.3 Å². The summed E-state index contributed by atoms with van der Waals surface area (Å²) in [6, 6.07) is -9.82. The van der Waals surface area contributed by atoms with Crippen molar-refractivity contribution in [1.82, 2.24) is 42.5 Å².